The lowest BCUT2D eigenvalue weighted by Crippen LogP contribution is -2.16. The summed E-state index contributed by atoms with van der Waals surface area (Å²) >= 11 is 0. The molecule has 5 nitrogen and oxygen atoms in total. The van der Waals surface area contributed by atoms with E-state index in [9.17, 15) is 14.9 Å². The van der Waals surface area contributed by atoms with E-state index in [4.69, 9.17) is 4.74 Å². The molecule has 0 N–H and O–H groups in total. The summed E-state index contributed by atoms with van der Waals surface area (Å²) in [5, 5.41) is 10.9. The highest BCUT2D eigenvalue weighted by atomic mass is 16.6. The number of Topliss-reactive ketones (excluding diaryl/α,β-unsaturated/α-hetero) is 1. The van der Waals surface area contributed by atoms with Gasteiger partial charge in [0, 0.05) is 16.9 Å². The number of methoxy groups -OCH3 is 1. The van der Waals surface area contributed by atoms with Crippen LogP contribution in [0.4, 0.5) is 0 Å². The van der Waals surface area contributed by atoms with Crippen LogP contribution in [0.3, 0.4) is 0 Å². The van der Waals surface area contributed by atoms with E-state index in [1.807, 2.05) is 30.3 Å². The van der Waals surface area contributed by atoms with Gasteiger partial charge in [0.1, 0.15) is 5.75 Å². The quantitative estimate of drug-likeness (QED) is 0.447. The smallest absolute Gasteiger partial charge is 0.211 e. The molecule has 0 fully saturated rings. The Balaban J connectivity index is 2.19. The predicted octanol–water partition coefficient (Wildman–Crippen LogP) is 3.33. The average molecular weight is 299 g/mol. The minimum Gasteiger partial charge on any atom is -0.497 e. The van der Waals surface area contributed by atoms with Crippen LogP contribution in [-0.4, -0.2) is 24.4 Å². The van der Waals surface area contributed by atoms with Crippen molar-refractivity contribution in [3.63, 3.8) is 0 Å². The molecule has 5 heteroatoms. The Morgan fingerprint density at radius 1 is 1.18 bits per heavy atom. The number of carbonyl (C=O) groups is 1. The average Bonchev–Trinajstić information content (AvgIpc) is 2.54. The second kappa shape index (κ2) is 7.36. The highest BCUT2D eigenvalue weighted by Crippen LogP contribution is 2.23. The lowest BCUT2D eigenvalue weighted by Gasteiger charge is -2.13. The third kappa shape index (κ3) is 4.15. The maximum Gasteiger partial charge on any atom is 0.211 e. The number of hydrogen-bond donors (Lipinski definition) is 0. The van der Waals surface area contributed by atoms with Gasteiger partial charge in [0.15, 0.2) is 5.78 Å². The van der Waals surface area contributed by atoms with Crippen LogP contribution in [0.5, 0.6) is 5.75 Å². The van der Waals surface area contributed by atoms with Crippen LogP contribution in [0.2, 0.25) is 0 Å². The van der Waals surface area contributed by atoms with Crippen molar-refractivity contribution in [1.82, 2.24) is 0 Å². The summed E-state index contributed by atoms with van der Waals surface area (Å²) in [5.74, 6) is 0.0286. The minimum atomic E-state index is -0.435. The van der Waals surface area contributed by atoms with Gasteiger partial charge in [-0.05, 0) is 17.7 Å². The first-order chi connectivity index (χ1) is 10.6. The van der Waals surface area contributed by atoms with Crippen molar-refractivity contribution in [3.05, 3.63) is 75.8 Å². The number of rotatable bonds is 7. The van der Waals surface area contributed by atoms with Gasteiger partial charge in [-0.15, -0.1) is 0 Å². The lowest BCUT2D eigenvalue weighted by atomic mass is 9.91. The number of ether oxygens (including phenoxy) is 1. The van der Waals surface area contributed by atoms with Gasteiger partial charge in [-0.1, -0.05) is 42.5 Å². The first-order valence-corrected chi connectivity index (χ1v) is 6.94. The van der Waals surface area contributed by atoms with E-state index in [0.717, 1.165) is 5.56 Å². The minimum absolute atomic E-state index is 0.0954. The van der Waals surface area contributed by atoms with Crippen molar-refractivity contribution in [3.8, 4) is 5.75 Å². The number of carbonyl (C=O) groups excluding carboxylic acids is 1. The van der Waals surface area contributed by atoms with Crippen molar-refractivity contribution in [1.29, 1.82) is 0 Å². The maximum absolute atomic E-state index is 12.4. The molecule has 0 aliphatic rings. The normalized spacial score (nSPS) is 11.7. The molecule has 1 atom stereocenters. The van der Waals surface area contributed by atoms with Crippen LogP contribution in [-0.2, 0) is 0 Å². The monoisotopic (exact) mass is 299 g/mol. The largest absolute Gasteiger partial charge is 0.497 e. The van der Waals surface area contributed by atoms with Gasteiger partial charge < -0.3 is 4.74 Å². The zero-order valence-corrected chi connectivity index (χ0v) is 12.3. The predicted molar refractivity (Wildman–Crippen MR) is 83.0 cm³/mol. The molecule has 1 unspecified atom stereocenters. The summed E-state index contributed by atoms with van der Waals surface area (Å²) in [5.41, 5.74) is 1.30. The van der Waals surface area contributed by atoms with Crippen molar-refractivity contribution in [2.45, 2.75) is 12.3 Å². The zero-order chi connectivity index (χ0) is 15.9. The Morgan fingerprint density at radius 2 is 1.91 bits per heavy atom. The van der Waals surface area contributed by atoms with Crippen molar-refractivity contribution < 1.29 is 14.5 Å². The Bertz CT molecular complexity index is 655. The van der Waals surface area contributed by atoms with Crippen LogP contribution in [0.1, 0.15) is 28.3 Å². The standard InChI is InChI=1S/C17H17NO4/c1-22-16-9-5-8-14(10-16)17(19)11-15(12-18(20)21)13-6-3-2-4-7-13/h2-10,15H,11-12H2,1H3. The highest BCUT2D eigenvalue weighted by Gasteiger charge is 2.22. The van der Waals surface area contributed by atoms with Crippen LogP contribution in [0.25, 0.3) is 0 Å². The molecule has 114 valence electrons. The molecule has 0 spiro atoms. The second-order valence-corrected chi connectivity index (χ2v) is 4.98. The molecule has 0 amide bonds. The van der Waals surface area contributed by atoms with Gasteiger partial charge in [0.05, 0.1) is 13.0 Å². The Morgan fingerprint density at radius 3 is 2.55 bits per heavy atom. The van der Waals surface area contributed by atoms with Gasteiger partial charge >= 0.3 is 0 Å². The van der Waals surface area contributed by atoms with Crippen LogP contribution in [0.15, 0.2) is 54.6 Å². The van der Waals surface area contributed by atoms with E-state index in [1.165, 1.54) is 7.11 Å². The van der Waals surface area contributed by atoms with Gasteiger partial charge in [0.25, 0.3) is 0 Å². The van der Waals surface area contributed by atoms with E-state index in [0.29, 0.717) is 11.3 Å². The van der Waals surface area contributed by atoms with Gasteiger partial charge in [-0.25, -0.2) is 0 Å². The number of nitro groups is 1. The third-order valence-electron chi connectivity index (χ3n) is 3.46. The van der Waals surface area contributed by atoms with E-state index >= 15 is 0 Å². The van der Waals surface area contributed by atoms with E-state index in [1.54, 1.807) is 24.3 Å². The summed E-state index contributed by atoms with van der Waals surface area (Å²) < 4.78 is 5.10. The van der Waals surface area contributed by atoms with Gasteiger partial charge in [0.2, 0.25) is 6.54 Å². The topological polar surface area (TPSA) is 69.4 Å². The highest BCUT2D eigenvalue weighted by molar-refractivity contribution is 5.96. The molecular formula is C17H17NO4. The Kier molecular flexibility index (Phi) is 5.25. The molecule has 0 aliphatic heterocycles. The molecule has 2 rings (SSSR count). The molecule has 0 saturated carbocycles. The Hall–Kier alpha value is -2.69. The van der Waals surface area contributed by atoms with Crippen LogP contribution in [0, 0.1) is 10.1 Å². The molecule has 22 heavy (non-hydrogen) atoms. The van der Waals surface area contributed by atoms with Crippen LogP contribution >= 0.6 is 0 Å². The summed E-state index contributed by atoms with van der Waals surface area (Å²) in [6.07, 6.45) is 0.0954. The molecule has 0 bridgehead atoms. The first-order valence-electron chi connectivity index (χ1n) is 6.94. The third-order valence-corrected chi connectivity index (χ3v) is 3.46. The van der Waals surface area contributed by atoms with E-state index < -0.39 is 5.92 Å². The molecule has 0 radical (unpaired) electrons. The molecule has 0 saturated heterocycles. The van der Waals surface area contributed by atoms with Gasteiger partial charge in [-0.3, -0.25) is 14.9 Å². The molecule has 0 aliphatic carbocycles. The molecule has 0 heterocycles. The molecule has 2 aromatic carbocycles. The SMILES string of the molecule is COc1cccc(C(=O)CC(C[N+](=O)[O-])c2ccccc2)c1. The number of ketones is 1. The summed E-state index contributed by atoms with van der Waals surface area (Å²) in [7, 11) is 1.53. The number of hydrogen-bond acceptors (Lipinski definition) is 4. The lowest BCUT2D eigenvalue weighted by molar-refractivity contribution is -0.483. The summed E-state index contributed by atoms with van der Waals surface area (Å²) in [4.78, 5) is 22.9. The number of benzene rings is 2. The molecular weight excluding hydrogens is 282 g/mol. The van der Waals surface area contributed by atoms with E-state index in [-0.39, 0.29) is 23.7 Å². The summed E-state index contributed by atoms with van der Waals surface area (Å²) in [6.45, 7) is -0.264. The Labute approximate surface area is 128 Å². The van der Waals surface area contributed by atoms with Crippen molar-refractivity contribution >= 4 is 5.78 Å². The fourth-order valence-corrected chi connectivity index (χ4v) is 2.33. The van der Waals surface area contributed by atoms with Crippen molar-refractivity contribution in [2.75, 3.05) is 13.7 Å². The first kappa shape index (κ1) is 15.7. The van der Waals surface area contributed by atoms with Gasteiger partial charge in [-0.2, -0.15) is 0 Å². The van der Waals surface area contributed by atoms with Crippen molar-refractivity contribution in [2.24, 2.45) is 0 Å². The van der Waals surface area contributed by atoms with Crippen LogP contribution < -0.4 is 4.74 Å². The molecule has 2 aromatic rings. The number of nitrogens with zero attached hydrogens (tertiary/aromatic N) is 1. The second-order valence-electron chi connectivity index (χ2n) is 4.98. The summed E-state index contributed by atoms with van der Waals surface area (Å²) in [6, 6.07) is 15.9. The maximum atomic E-state index is 12.4. The fourth-order valence-electron chi connectivity index (χ4n) is 2.33. The molecule has 0 aromatic heterocycles. The van der Waals surface area contributed by atoms with E-state index in [2.05, 4.69) is 0 Å². The zero-order valence-electron chi connectivity index (χ0n) is 12.3. The fraction of sp³-hybridized carbons (Fsp3) is 0.235.